The number of anilines is 2. The maximum atomic E-state index is 7.81. The van der Waals surface area contributed by atoms with Gasteiger partial charge in [0.15, 0.2) is 5.65 Å². The van der Waals surface area contributed by atoms with Crippen LogP contribution in [0.1, 0.15) is 26.3 Å². The number of nitrogens with zero attached hydrogens (tertiary/aromatic N) is 6. The van der Waals surface area contributed by atoms with Crippen LogP contribution in [0.5, 0.6) is 5.75 Å². The van der Waals surface area contributed by atoms with Gasteiger partial charge in [-0.05, 0) is 32.9 Å². The van der Waals surface area contributed by atoms with E-state index in [-0.39, 0.29) is 0 Å². The molecule has 4 heterocycles. The molecule has 0 aliphatic carbocycles. The second-order valence-corrected chi connectivity index (χ2v) is 8.49. The molecule has 10 nitrogen and oxygen atoms in total. The van der Waals surface area contributed by atoms with Crippen molar-refractivity contribution in [1.29, 1.82) is 5.41 Å². The number of ether oxygens (including phenoxy) is 1. The Morgan fingerprint density at radius 1 is 1.09 bits per heavy atom. The smallest absolute Gasteiger partial charge is 0.238 e. The van der Waals surface area contributed by atoms with Crippen LogP contribution in [0.25, 0.3) is 22.4 Å². The van der Waals surface area contributed by atoms with Crippen molar-refractivity contribution in [1.82, 2.24) is 29.5 Å². The molecule has 0 bridgehead atoms. The molecular formula is C22H28N9O+. The van der Waals surface area contributed by atoms with Crippen LogP contribution < -0.4 is 15.4 Å². The first-order valence-electron chi connectivity index (χ1n) is 10.3. The first-order chi connectivity index (χ1) is 15.2. The molecule has 0 saturated carbocycles. The molecule has 4 rings (SSSR count). The van der Waals surface area contributed by atoms with Crippen LogP contribution in [0.15, 0.2) is 30.5 Å². The lowest BCUT2D eigenvalue weighted by molar-refractivity contribution is -0.543. The number of nitrogens with one attached hydrogen (secondary N) is 2. The fraction of sp³-hybridized carbons (Fsp3) is 0.318. The van der Waals surface area contributed by atoms with Crippen molar-refractivity contribution in [3.63, 3.8) is 0 Å². The minimum Gasteiger partial charge on any atom is -0.487 e. The third kappa shape index (κ3) is 4.17. The topological polar surface area (TPSA) is 123 Å². The van der Waals surface area contributed by atoms with Crippen LogP contribution >= 0.6 is 0 Å². The second kappa shape index (κ2) is 8.04. The molecule has 0 amide bonds. The summed E-state index contributed by atoms with van der Waals surface area (Å²) in [5.74, 6) is 2.64. The molecular weight excluding hydrogens is 406 g/mol. The summed E-state index contributed by atoms with van der Waals surface area (Å²) in [5.41, 5.74) is 2.54. The maximum absolute atomic E-state index is 7.81. The highest BCUT2D eigenvalue weighted by molar-refractivity contribution is 5.87. The Morgan fingerprint density at radius 3 is 2.56 bits per heavy atom. The largest absolute Gasteiger partial charge is 0.487 e. The molecule has 4 aromatic heterocycles. The number of rotatable bonds is 6. The molecule has 0 spiro atoms. The third-order valence-corrected chi connectivity index (χ3v) is 4.86. The monoisotopic (exact) mass is 434 g/mol. The van der Waals surface area contributed by atoms with Crippen LogP contribution in [0, 0.1) is 5.41 Å². The minimum absolute atomic E-state index is 0.406. The zero-order chi connectivity index (χ0) is 23.0. The zero-order valence-electron chi connectivity index (χ0n) is 19.1. The van der Waals surface area contributed by atoms with Crippen molar-refractivity contribution in [2.45, 2.75) is 26.4 Å². The van der Waals surface area contributed by atoms with Crippen molar-refractivity contribution in [2.24, 2.45) is 14.1 Å². The van der Waals surface area contributed by atoms with Gasteiger partial charge >= 0.3 is 0 Å². The Bertz CT molecular complexity index is 1300. The van der Waals surface area contributed by atoms with E-state index in [4.69, 9.17) is 15.1 Å². The van der Waals surface area contributed by atoms with Crippen molar-refractivity contribution in [3.05, 3.63) is 36.0 Å². The van der Waals surface area contributed by atoms with E-state index in [1.165, 1.54) is 6.21 Å². The van der Waals surface area contributed by atoms with E-state index in [9.17, 15) is 0 Å². The molecule has 0 saturated heterocycles. The normalized spacial score (nSPS) is 11.7. The van der Waals surface area contributed by atoms with Crippen molar-refractivity contribution < 1.29 is 10.1 Å². The third-order valence-electron chi connectivity index (χ3n) is 4.86. The minimum atomic E-state index is -0.406. The Kier molecular flexibility index (Phi) is 5.39. The highest BCUT2D eigenvalue weighted by Gasteiger charge is 2.21. The SMILES string of the molecule is C[NH2+]c1nc(Nc2cc(-c3ccc4cnn(C)c4n3)nn2C)cc(OC(C)(C)C)c1C=N. The van der Waals surface area contributed by atoms with Gasteiger partial charge in [0.1, 0.15) is 34.2 Å². The lowest BCUT2D eigenvalue weighted by Gasteiger charge is -2.23. The molecule has 166 valence electrons. The number of pyridine rings is 2. The summed E-state index contributed by atoms with van der Waals surface area (Å²) in [5, 5.41) is 22.8. The number of hydrogen-bond donors (Lipinski definition) is 3. The van der Waals surface area contributed by atoms with Crippen molar-refractivity contribution in [2.75, 3.05) is 12.4 Å². The average molecular weight is 435 g/mol. The summed E-state index contributed by atoms with van der Waals surface area (Å²) in [7, 11) is 5.62. The lowest BCUT2D eigenvalue weighted by Crippen LogP contribution is -2.73. The van der Waals surface area contributed by atoms with E-state index in [1.807, 2.05) is 71.5 Å². The zero-order valence-corrected chi connectivity index (χ0v) is 19.1. The number of fused-ring (bicyclic) bond motifs is 1. The standard InChI is InChI=1S/C22H27N9O/c1-22(2,3)32-17-10-18(28-20(24-4)14(17)11-23)27-19-9-16(29-30(19)5)15-8-7-13-12-25-31(6)21(13)26-15/h7-12,23H,1-6H3,(H2,24,27,28)/p+1. The number of aryl methyl sites for hydroxylation is 2. The summed E-state index contributed by atoms with van der Waals surface area (Å²) < 4.78 is 9.59. The van der Waals surface area contributed by atoms with Crippen LogP contribution in [-0.2, 0) is 14.1 Å². The van der Waals surface area contributed by atoms with Crippen LogP contribution in [0.2, 0.25) is 0 Å². The molecule has 4 aromatic rings. The number of nitrogens with two attached hydrogens (primary N) is 1. The molecule has 0 radical (unpaired) electrons. The fourth-order valence-corrected chi connectivity index (χ4v) is 3.40. The van der Waals surface area contributed by atoms with Gasteiger partial charge < -0.3 is 15.5 Å². The number of quaternary nitrogens is 1. The molecule has 0 unspecified atom stereocenters. The predicted molar refractivity (Wildman–Crippen MR) is 124 cm³/mol. The van der Waals surface area contributed by atoms with E-state index in [2.05, 4.69) is 20.5 Å². The van der Waals surface area contributed by atoms with Gasteiger partial charge in [-0.1, -0.05) is 0 Å². The van der Waals surface area contributed by atoms with E-state index in [0.717, 1.165) is 28.2 Å². The van der Waals surface area contributed by atoms with Gasteiger partial charge in [-0.3, -0.25) is 14.7 Å². The first kappa shape index (κ1) is 21.4. The van der Waals surface area contributed by atoms with Crippen LogP contribution in [0.4, 0.5) is 17.5 Å². The van der Waals surface area contributed by atoms with Gasteiger partial charge in [0.2, 0.25) is 5.82 Å². The average Bonchev–Trinajstić information content (AvgIpc) is 3.29. The maximum Gasteiger partial charge on any atom is 0.238 e. The summed E-state index contributed by atoms with van der Waals surface area (Å²) in [6, 6.07) is 7.66. The summed E-state index contributed by atoms with van der Waals surface area (Å²) >= 11 is 0. The van der Waals surface area contributed by atoms with E-state index in [1.54, 1.807) is 15.6 Å². The lowest BCUT2D eigenvalue weighted by atomic mass is 10.1. The van der Waals surface area contributed by atoms with Gasteiger partial charge in [-0.15, -0.1) is 0 Å². The number of aromatic nitrogens is 6. The quantitative estimate of drug-likeness (QED) is 0.401. The molecule has 0 fully saturated rings. The summed E-state index contributed by atoms with van der Waals surface area (Å²) in [4.78, 5) is 9.35. The van der Waals surface area contributed by atoms with Gasteiger partial charge in [-0.2, -0.15) is 15.2 Å². The Balaban J connectivity index is 1.69. The van der Waals surface area contributed by atoms with Crippen molar-refractivity contribution >= 4 is 34.7 Å². The van der Waals surface area contributed by atoms with Gasteiger partial charge in [-0.25, -0.2) is 4.98 Å². The van der Waals surface area contributed by atoms with Crippen molar-refractivity contribution in [3.8, 4) is 17.1 Å². The molecule has 0 aliphatic rings. The molecule has 0 atom stereocenters. The molecule has 0 aromatic carbocycles. The van der Waals surface area contributed by atoms with E-state index < -0.39 is 5.60 Å². The Morgan fingerprint density at radius 2 is 1.88 bits per heavy atom. The Labute approximate surface area is 186 Å². The van der Waals surface area contributed by atoms with E-state index >= 15 is 0 Å². The van der Waals surface area contributed by atoms with E-state index in [0.29, 0.717) is 22.9 Å². The van der Waals surface area contributed by atoms with Gasteiger partial charge in [0.05, 0.1) is 18.9 Å². The first-order valence-corrected chi connectivity index (χ1v) is 10.3. The Hall–Kier alpha value is -3.79. The molecule has 4 N–H and O–H groups in total. The summed E-state index contributed by atoms with van der Waals surface area (Å²) in [6.45, 7) is 5.93. The highest BCUT2D eigenvalue weighted by atomic mass is 16.5. The van der Waals surface area contributed by atoms with Crippen LogP contribution in [0.3, 0.4) is 0 Å². The summed E-state index contributed by atoms with van der Waals surface area (Å²) in [6.07, 6.45) is 3.07. The van der Waals surface area contributed by atoms with Gasteiger partial charge in [0, 0.05) is 37.8 Å². The molecule has 32 heavy (non-hydrogen) atoms. The molecule has 0 aliphatic heterocycles. The highest BCUT2D eigenvalue weighted by Crippen LogP contribution is 2.30. The van der Waals surface area contributed by atoms with Crippen LogP contribution in [-0.4, -0.2) is 48.4 Å². The van der Waals surface area contributed by atoms with Gasteiger partial charge in [0.25, 0.3) is 0 Å². The predicted octanol–water partition coefficient (Wildman–Crippen LogP) is 2.51. The number of hydrogen-bond acceptors (Lipinski definition) is 7. The molecule has 10 heteroatoms. The fourth-order valence-electron chi connectivity index (χ4n) is 3.40. The second-order valence-electron chi connectivity index (χ2n) is 8.49.